The molecule has 0 aliphatic rings. The van der Waals surface area contributed by atoms with Gasteiger partial charge in [0.15, 0.2) is 0 Å². The summed E-state index contributed by atoms with van der Waals surface area (Å²) in [5.41, 5.74) is 6.38. The molecular formula is C14H14AsN4O2S. The fourth-order valence-electron chi connectivity index (χ4n) is 1.51. The molecule has 0 saturated carbocycles. The van der Waals surface area contributed by atoms with E-state index >= 15 is 0 Å². The number of nitrogens with zero attached hydrogens (tertiary/aromatic N) is 2. The van der Waals surface area contributed by atoms with E-state index < -0.39 is 0 Å². The van der Waals surface area contributed by atoms with Crippen molar-refractivity contribution in [2.75, 3.05) is 11.9 Å². The van der Waals surface area contributed by atoms with Crippen LogP contribution in [0.3, 0.4) is 0 Å². The average Bonchev–Trinajstić information content (AvgIpc) is 3.11. The summed E-state index contributed by atoms with van der Waals surface area (Å²) < 4.78 is 5.94. The minimum absolute atomic E-state index is 0.220. The molecule has 2 rings (SSSR count). The van der Waals surface area contributed by atoms with E-state index in [9.17, 15) is 4.79 Å². The fraction of sp³-hybridized carbons (Fsp3) is 0.214. The monoisotopic (exact) mass is 377 g/mol. The number of nitrogens with two attached hydrogens (primary N) is 1. The van der Waals surface area contributed by atoms with Crippen molar-refractivity contribution in [2.24, 2.45) is 10.7 Å². The first-order valence-electron chi connectivity index (χ1n) is 6.31. The van der Waals surface area contributed by atoms with Gasteiger partial charge in [-0.25, -0.2) is 0 Å². The van der Waals surface area contributed by atoms with Crippen LogP contribution in [0.1, 0.15) is 12.7 Å². The number of furan rings is 1. The Morgan fingerprint density at radius 2 is 2.45 bits per heavy atom. The molecule has 0 atom stereocenters. The fourth-order valence-corrected chi connectivity index (χ4v) is 3.37. The number of hydrogen-bond donors (Lipinski definition) is 2. The third-order valence-electron chi connectivity index (χ3n) is 2.45. The molecule has 3 N–H and O–H groups in total. The second-order valence-electron chi connectivity index (χ2n) is 4.17. The Hall–Kier alpha value is -2.03. The third kappa shape index (κ3) is 4.76. The van der Waals surface area contributed by atoms with Gasteiger partial charge in [0.05, 0.1) is 0 Å². The molecule has 0 amide bonds. The topological polar surface area (TPSA) is 93.5 Å². The normalized spacial score (nSPS) is 11.7. The zero-order valence-electron chi connectivity index (χ0n) is 11.9. The molecule has 1 radical (unpaired) electrons. The summed E-state index contributed by atoms with van der Waals surface area (Å²) >= 11 is 1.04. The van der Waals surface area contributed by atoms with Gasteiger partial charge in [0, 0.05) is 0 Å². The van der Waals surface area contributed by atoms with E-state index in [0.29, 0.717) is 21.8 Å². The summed E-state index contributed by atoms with van der Waals surface area (Å²) in [6.07, 6.45) is 5.11. The Bertz CT molecular complexity index is 729. The molecule has 0 aliphatic heterocycles. The van der Waals surface area contributed by atoms with Gasteiger partial charge in [0.1, 0.15) is 0 Å². The summed E-state index contributed by atoms with van der Waals surface area (Å²) in [6, 6.07) is 3.73. The number of nitrogens with one attached hydrogen (secondary N) is 1. The van der Waals surface area contributed by atoms with Crippen molar-refractivity contribution in [1.82, 2.24) is 4.98 Å². The van der Waals surface area contributed by atoms with E-state index in [1.807, 2.05) is 17.5 Å². The molecule has 8 heteroatoms. The van der Waals surface area contributed by atoms with Crippen LogP contribution in [0.5, 0.6) is 0 Å². The Labute approximate surface area is 138 Å². The molecule has 2 aromatic rings. The van der Waals surface area contributed by atoms with Gasteiger partial charge in [-0.3, -0.25) is 0 Å². The molecule has 0 aliphatic carbocycles. The van der Waals surface area contributed by atoms with Crippen molar-refractivity contribution in [1.29, 1.82) is 0 Å². The number of rotatable bonds is 6. The van der Waals surface area contributed by atoms with Gasteiger partial charge in [-0.2, -0.15) is 0 Å². The molecule has 0 fully saturated rings. The molecule has 0 unspecified atom stereocenters. The standard InChI is InChI=1S/C14H14AsN4O2S/c1-3-6-17-13(16)19-14-18-11(8-22-14)12-5-4-10(21-12)7-15-9(2)20/h1,4-5,8H,6-7H2,2H3,(H3,16,17,18,19). The SMILES string of the molecule is C#CCN=C(N)Nc1nc(-c2ccc(C[As]C(C)=O)o2)cs1. The van der Waals surface area contributed by atoms with Crippen molar-refractivity contribution < 1.29 is 9.21 Å². The maximum atomic E-state index is 11.0. The number of carbonyl (C=O) groups is 1. The van der Waals surface area contributed by atoms with Gasteiger partial charge in [-0.1, -0.05) is 0 Å². The Morgan fingerprint density at radius 1 is 1.64 bits per heavy atom. The second-order valence-corrected chi connectivity index (χ2v) is 7.68. The van der Waals surface area contributed by atoms with E-state index in [1.54, 1.807) is 6.92 Å². The number of aliphatic imine (C=N–C) groups is 1. The molecule has 0 spiro atoms. The average molecular weight is 377 g/mol. The van der Waals surface area contributed by atoms with Crippen LogP contribution in [0, 0.1) is 12.3 Å². The first kappa shape index (κ1) is 16.3. The van der Waals surface area contributed by atoms with E-state index in [-0.39, 0.29) is 32.8 Å². The number of guanidine groups is 1. The molecule has 6 nitrogen and oxygen atoms in total. The number of terminal acetylenes is 1. The quantitative estimate of drug-likeness (QED) is 0.345. The molecule has 22 heavy (non-hydrogen) atoms. The van der Waals surface area contributed by atoms with Crippen LogP contribution >= 0.6 is 11.3 Å². The van der Waals surface area contributed by atoms with Crippen LogP contribution in [-0.2, 0) is 10.0 Å². The summed E-state index contributed by atoms with van der Waals surface area (Å²) in [5, 5.41) is 6.03. The Kier molecular flexibility index (Phi) is 5.82. The zero-order chi connectivity index (χ0) is 15.9. The minimum atomic E-state index is -0.352. The number of thiazole rings is 1. The Morgan fingerprint density at radius 3 is 3.18 bits per heavy atom. The van der Waals surface area contributed by atoms with Crippen LogP contribution in [0.25, 0.3) is 11.5 Å². The molecular weight excluding hydrogens is 363 g/mol. The van der Waals surface area contributed by atoms with Crippen LogP contribution in [0.15, 0.2) is 26.9 Å². The van der Waals surface area contributed by atoms with Gasteiger partial charge in [-0.05, 0) is 0 Å². The van der Waals surface area contributed by atoms with Gasteiger partial charge in [-0.15, -0.1) is 6.42 Å². The van der Waals surface area contributed by atoms with Crippen LogP contribution in [0.4, 0.5) is 5.13 Å². The van der Waals surface area contributed by atoms with E-state index in [4.69, 9.17) is 16.6 Å². The molecule has 113 valence electrons. The van der Waals surface area contributed by atoms with Crippen molar-refractivity contribution in [3.8, 4) is 23.8 Å². The Balaban J connectivity index is 2.02. The number of carbonyl (C=O) groups excluding carboxylic acids is 1. The summed E-state index contributed by atoms with van der Waals surface area (Å²) in [7, 11) is 0. The second kappa shape index (κ2) is 7.83. The van der Waals surface area contributed by atoms with Crippen molar-refractivity contribution in [3.05, 3.63) is 23.3 Å². The van der Waals surface area contributed by atoms with Gasteiger partial charge in [0.25, 0.3) is 0 Å². The van der Waals surface area contributed by atoms with E-state index in [2.05, 4.69) is 21.2 Å². The number of anilines is 1. The van der Waals surface area contributed by atoms with Crippen molar-refractivity contribution in [3.63, 3.8) is 0 Å². The number of aromatic nitrogens is 1. The zero-order valence-corrected chi connectivity index (χ0v) is 14.6. The van der Waals surface area contributed by atoms with Crippen molar-refractivity contribution in [2.45, 2.75) is 12.1 Å². The van der Waals surface area contributed by atoms with Crippen LogP contribution in [0.2, 0.25) is 0 Å². The van der Waals surface area contributed by atoms with E-state index in [0.717, 1.165) is 5.76 Å². The van der Waals surface area contributed by atoms with Crippen LogP contribution < -0.4 is 11.1 Å². The third-order valence-corrected chi connectivity index (χ3v) is 5.13. The van der Waals surface area contributed by atoms with E-state index in [1.165, 1.54) is 11.3 Å². The van der Waals surface area contributed by atoms with Crippen LogP contribution in [-0.4, -0.2) is 37.8 Å². The molecule has 0 aromatic carbocycles. The number of hydrogen-bond acceptors (Lipinski definition) is 5. The van der Waals surface area contributed by atoms with Gasteiger partial charge >= 0.3 is 132 Å². The predicted octanol–water partition coefficient (Wildman–Crippen LogP) is 1.51. The maximum absolute atomic E-state index is 11.0. The van der Waals surface area contributed by atoms with Gasteiger partial charge in [0.2, 0.25) is 0 Å². The summed E-state index contributed by atoms with van der Waals surface area (Å²) in [6.45, 7) is 1.83. The van der Waals surface area contributed by atoms with Gasteiger partial charge < -0.3 is 0 Å². The van der Waals surface area contributed by atoms with Crippen molar-refractivity contribution >= 4 is 42.8 Å². The first-order chi connectivity index (χ1) is 10.6. The summed E-state index contributed by atoms with van der Waals surface area (Å²) in [4.78, 5) is 19.3. The molecule has 0 saturated heterocycles. The molecule has 0 bridgehead atoms. The summed E-state index contributed by atoms with van der Waals surface area (Å²) in [5.74, 6) is 4.08. The molecule has 2 heterocycles. The molecule has 2 aromatic heterocycles. The first-order valence-corrected chi connectivity index (χ1v) is 9.46. The predicted molar refractivity (Wildman–Crippen MR) is 88.9 cm³/mol.